The van der Waals surface area contributed by atoms with E-state index in [1.165, 1.54) is 12.1 Å². The maximum Gasteiger partial charge on any atom is 0.264 e. The number of Topliss-reactive ketones (excluding diaryl/α,β-unsaturated/α-hetero) is 1. The molecule has 0 fully saturated rings. The van der Waals surface area contributed by atoms with Gasteiger partial charge in [0.2, 0.25) is 0 Å². The zero-order chi connectivity index (χ0) is 21.1. The second kappa shape index (κ2) is 8.45. The molecule has 3 aromatic carbocycles. The van der Waals surface area contributed by atoms with Crippen LogP contribution < -0.4 is 4.72 Å². The molecule has 1 aliphatic carbocycles. The van der Waals surface area contributed by atoms with Crippen molar-refractivity contribution in [3.63, 3.8) is 0 Å². The fraction of sp³-hybridized carbons (Fsp3) is 0.130. The largest absolute Gasteiger partial charge is 0.294 e. The van der Waals surface area contributed by atoms with Crippen LogP contribution in [0.25, 0.3) is 0 Å². The van der Waals surface area contributed by atoms with E-state index in [0.717, 1.165) is 28.2 Å². The number of sulfonamides is 1. The van der Waals surface area contributed by atoms with Gasteiger partial charge in [0.25, 0.3) is 15.9 Å². The van der Waals surface area contributed by atoms with E-state index >= 15 is 0 Å². The Morgan fingerprint density at radius 2 is 1.57 bits per heavy atom. The summed E-state index contributed by atoms with van der Waals surface area (Å²) in [5.41, 5.74) is 1.52. The number of aryl methyl sites for hydroxylation is 1. The fourth-order valence-corrected chi connectivity index (χ4v) is 5.15. The molecule has 0 spiro atoms. The number of fused-ring (bicyclic) bond motifs is 1. The minimum absolute atomic E-state index is 0.0638. The molecule has 0 aliphatic heterocycles. The van der Waals surface area contributed by atoms with E-state index in [1.807, 2.05) is 30.3 Å². The first-order valence-corrected chi connectivity index (χ1v) is 11.8. The Bertz CT molecular complexity index is 1200. The average molecular weight is 438 g/mol. The molecule has 0 aromatic heterocycles. The van der Waals surface area contributed by atoms with Crippen LogP contribution in [0.3, 0.4) is 0 Å². The molecule has 0 atom stereocenters. The molecule has 5 nitrogen and oxygen atoms in total. The summed E-state index contributed by atoms with van der Waals surface area (Å²) < 4.78 is 27.4. The summed E-state index contributed by atoms with van der Waals surface area (Å²) in [6, 6.07) is 21.0. The molecule has 1 aliphatic rings. The number of nitrogens with one attached hydrogen (secondary N) is 1. The second-order valence-corrected chi connectivity index (χ2v) is 9.80. The first-order valence-electron chi connectivity index (χ1n) is 9.49. The summed E-state index contributed by atoms with van der Waals surface area (Å²) >= 11 is 1.55. The topological polar surface area (TPSA) is 80.3 Å². The highest BCUT2D eigenvalue weighted by Gasteiger charge is 2.23. The molecule has 30 heavy (non-hydrogen) atoms. The van der Waals surface area contributed by atoms with Crippen molar-refractivity contribution in [2.24, 2.45) is 0 Å². The molecule has 0 radical (unpaired) electrons. The van der Waals surface area contributed by atoms with Gasteiger partial charge in [0.05, 0.1) is 4.90 Å². The van der Waals surface area contributed by atoms with Crippen molar-refractivity contribution in [2.45, 2.75) is 33.9 Å². The predicted molar refractivity (Wildman–Crippen MR) is 115 cm³/mol. The molecule has 0 bridgehead atoms. The lowest BCUT2D eigenvalue weighted by Crippen LogP contribution is -2.30. The van der Waals surface area contributed by atoms with E-state index in [1.54, 1.807) is 42.1 Å². The molecular formula is C23H19NO4S2. The number of carbonyl (C=O) groups excluding carboxylic acids is 2. The number of hydrogen-bond acceptors (Lipinski definition) is 5. The highest BCUT2D eigenvalue weighted by atomic mass is 32.2. The minimum atomic E-state index is -4.08. The van der Waals surface area contributed by atoms with E-state index in [2.05, 4.69) is 4.72 Å². The number of amides is 1. The van der Waals surface area contributed by atoms with Crippen molar-refractivity contribution >= 4 is 33.5 Å². The lowest BCUT2D eigenvalue weighted by atomic mass is 9.91. The summed E-state index contributed by atoms with van der Waals surface area (Å²) in [7, 11) is -4.08. The minimum Gasteiger partial charge on any atom is -0.294 e. The van der Waals surface area contributed by atoms with Crippen LogP contribution >= 0.6 is 11.8 Å². The quantitative estimate of drug-likeness (QED) is 0.637. The molecule has 7 heteroatoms. The average Bonchev–Trinajstić information content (AvgIpc) is 2.75. The molecule has 0 heterocycles. The van der Waals surface area contributed by atoms with E-state index in [9.17, 15) is 18.0 Å². The Labute approximate surface area is 179 Å². The number of rotatable bonds is 5. The molecule has 1 amide bonds. The number of ketones is 1. The fourth-order valence-electron chi connectivity index (χ4n) is 3.31. The summed E-state index contributed by atoms with van der Waals surface area (Å²) in [6.45, 7) is 0. The van der Waals surface area contributed by atoms with Crippen LogP contribution in [0.4, 0.5) is 0 Å². The van der Waals surface area contributed by atoms with Crippen LogP contribution in [0, 0.1) is 0 Å². The van der Waals surface area contributed by atoms with Crippen LogP contribution in [0.1, 0.15) is 39.1 Å². The first-order chi connectivity index (χ1) is 14.4. The normalized spacial score (nSPS) is 13.5. The van der Waals surface area contributed by atoms with Gasteiger partial charge in [0.1, 0.15) is 0 Å². The van der Waals surface area contributed by atoms with Crippen molar-refractivity contribution in [1.82, 2.24) is 4.72 Å². The Morgan fingerprint density at radius 3 is 2.30 bits per heavy atom. The summed E-state index contributed by atoms with van der Waals surface area (Å²) in [4.78, 5) is 26.5. The predicted octanol–water partition coefficient (Wildman–Crippen LogP) is 4.48. The van der Waals surface area contributed by atoms with Gasteiger partial charge in [-0.3, -0.25) is 9.59 Å². The Morgan fingerprint density at radius 1 is 0.867 bits per heavy atom. The number of benzene rings is 3. The first kappa shape index (κ1) is 20.4. The van der Waals surface area contributed by atoms with Crippen molar-refractivity contribution in [3.8, 4) is 0 Å². The van der Waals surface area contributed by atoms with Gasteiger partial charge in [-0.25, -0.2) is 13.1 Å². The zero-order valence-electron chi connectivity index (χ0n) is 16.0. The number of hydrogen-bond donors (Lipinski definition) is 1. The molecule has 152 valence electrons. The molecule has 1 N–H and O–H groups in total. The van der Waals surface area contributed by atoms with Crippen molar-refractivity contribution in [3.05, 3.63) is 89.5 Å². The molecule has 4 rings (SSSR count). The summed E-state index contributed by atoms with van der Waals surface area (Å²) in [6.07, 6.45) is 1.94. The number of carbonyl (C=O) groups is 2. The summed E-state index contributed by atoms with van der Waals surface area (Å²) in [5.74, 6) is -0.776. The smallest absolute Gasteiger partial charge is 0.264 e. The lowest BCUT2D eigenvalue weighted by Gasteiger charge is -2.16. The third-order valence-electron chi connectivity index (χ3n) is 4.86. The third kappa shape index (κ3) is 4.47. The highest BCUT2D eigenvalue weighted by Crippen LogP contribution is 2.27. The maximum absolute atomic E-state index is 12.7. The van der Waals surface area contributed by atoms with Gasteiger partial charge in [-0.2, -0.15) is 0 Å². The van der Waals surface area contributed by atoms with E-state index in [0.29, 0.717) is 12.0 Å². The molecule has 0 unspecified atom stereocenters. The van der Waals surface area contributed by atoms with Crippen LogP contribution in [-0.4, -0.2) is 20.1 Å². The third-order valence-corrected chi connectivity index (χ3v) is 7.21. The van der Waals surface area contributed by atoms with Crippen LogP contribution in [0.5, 0.6) is 0 Å². The highest BCUT2D eigenvalue weighted by molar-refractivity contribution is 7.99. The van der Waals surface area contributed by atoms with E-state index in [-0.39, 0.29) is 16.2 Å². The Balaban J connectivity index is 1.49. The maximum atomic E-state index is 12.7. The molecule has 0 saturated heterocycles. The summed E-state index contributed by atoms with van der Waals surface area (Å²) in [5, 5.41) is 0. The van der Waals surface area contributed by atoms with Crippen molar-refractivity contribution < 1.29 is 18.0 Å². The van der Waals surface area contributed by atoms with Gasteiger partial charge in [0.15, 0.2) is 5.78 Å². The molecule has 3 aromatic rings. The van der Waals surface area contributed by atoms with Gasteiger partial charge >= 0.3 is 0 Å². The lowest BCUT2D eigenvalue weighted by molar-refractivity contribution is 0.0968. The van der Waals surface area contributed by atoms with Crippen LogP contribution in [-0.2, 0) is 16.4 Å². The van der Waals surface area contributed by atoms with E-state index in [4.69, 9.17) is 0 Å². The van der Waals surface area contributed by atoms with Crippen molar-refractivity contribution in [1.29, 1.82) is 0 Å². The Hall–Kier alpha value is -2.90. The van der Waals surface area contributed by atoms with Gasteiger partial charge < -0.3 is 0 Å². The Kier molecular flexibility index (Phi) is 5.74. The molecular weight excluding hydrogens is 418 g/mol. The van der Waals surface area contributed by atoms with Crippen molar-refractivity contribution in [2.75, 3.05) is 0 Å². The van der Waals surface area contributed by atoms with Gasteiger partial charge in [-0.05, 0) is 66.9 Å². The molecule has 0 saturated carbocycles. The standard InChI is InChI=1S/C23H19NO4S2/c25-22-8-4-5-16-11-14-20(15-21(16)22)30(27,28)24-23(26)17-9-12-19(13-10-17)29-18-6-2-1-3-7-18/h1-3,6-7,9-15H,4-5,8H2,(H,24,26). The monoisotopic (exact) mass is 437 g/mol. The zero-order valence-corrected chi connectivity index (χ0v) is 17.6. The van der Waals surface area contributed by atoms with Crippen LogP contribution in [0.15, 0.2) is 87.5 Å². The van der Waals surface area contributed by atoms with Crippen LogP contribution in [0.2, 0.25) is 0 Å². The van der Waals surface area contributed by atoms with Gasteiger partial charge in [0, 0.05) is 27.3 Å². The SMILES string of the molecule is O=C(NS(=O)(=O)c1ccc2c(c1)C(=O)CCC2)c1ccc(Sc2ccccc2)cc1. The van der Waals surface area contributed by atoms with Gasteiger partial charge in [-0.15, -0.1) is 0 Å². The van der Waals surface area contributed by atoms with Gasteiger partial charge in [-0.1, -0.05) is 36.0 Å². The van der Waals surface area contributed by atoms with E-state index < -0.39 is 15.9 Å². The second-order valence-electron chi connectivity index (χ2n) is 6.97.